The molecule has 9 nitrogen and oxygen atoms in total. The highest BCUT2D eigenvalue weighted by Gasteiger charge is 2.27. The molecule has 146 valence electrons. The van der Waals surface area contributed by atoms with Gasteiger partial charge in [-0.15, -0.1) is 0 Å². The van der Waals surface area contributed by atoms with E-state index in [1.54, 1.807) is 6.07 Å². The fraction of sp³-hybridized carbons (Fsp3) is 0.222. The van der Waals surface area contributed by atoms with Crippen LogP contribution in [0.4, 0.5) is 5.69 Å². The van der Waals surface area contributed by atoms with Crippen molar-refractivity contribution in [2.45, 2.75) is 17.7 Å². The van der Waals surface area contributed by atoms with Crippen molar-refractivity contribution in [2.75, 3.05) is 13.1 Å². The molecule has 0 aliphatic carbocycles. The molecule has 28 heavy (non-hydrogen) atoms. The minimum atomic E-state index is -3.54. The van der Waals surface area contributed by atoms with Gasteiger partial charge in [-0.25, -0.2) is 13.8 Å². The van der Waals surface area contributed by atoms with Crippen LogP contribution in [0.3, 0.4) is 0 Å². The molecule has 1 aliphatic heterocycles. The minimum Gasteiger partial charge on any atom is -0.267 e. The Balaban J connectivity index is 1.68. The van der Waals surface area contributed by atoms with Gasteiger partial charge in [-0.1, -0.05) is 12.1 Å². The first-order chi connectivity index (χ1) is 13.4. The van der Waals surface area contributed by atoms with E-state index in [1.165, 1.54) is 53.0 Å². The molecule has 1 saturated heterocycles. The molecule has 1 fully saturated rings. The van der Waals surface area contributed by atoms with Gasteiger partial charge in [-0.2, -0.15) is 9.41 Å². The number of rotatable bonds is 6. The third-order valence-electron chi connectivity index (χ3n) is 4.32. The lowest BCUT2D eigenvalue weighted by atomic mass is 10.2. The predicted molar refractivity (Wildman–Crippen MR) is 103 cm³/mol. The van der Waals surface area contributed by atoms with E-state index in [-0.39, 0.29) is 21.7 Å². The molecule has 0 radical (unpaired) electrons. The third-order valence-corrected chi connectivity index (χ3v) is 6.24. The average molecular weight is 402 g/mol. The Morgan fingerprint density at radius 1 is 1.11 bits per heavy atom. The second-order valence-electron chi connectivity index (χ2n) is 6.15. The van der Waals surface area contributed by atoms with E-state index in [1.807, 2.05) is 0 Å². The summed E-state index contributed by atoms with van der Waals surface area (Å²) in [5.41, 5.74) is 2.62. The van der Waals surface area contributed by atoms with Crippen LogP contribution in [0.25, 0.3) is 0 Å². The van der Waals surface area contributed by atoms with E-state index in [0.717, 1.165) is 12.8 Å². The van der Waals surface area contributed by atoms with Crippen molar-refractivity contribution in [1.29, 1.82) is 0 Å². The largest absolute Gasteiger partial charge is 0.278 e. The number of hydrogen-bond donors (Lipinski definition) is 1. The zero-order valence-electron chi connectivity index (χ0n) is 14.8. The van der Waals surface area contributed by atoms with Gasteiger partial charge in [-0.05, 0) is 43.2 Å². The first-order valence-electron chi connectivity index (χ1n) is 8.56. The van der Waals surface area contributed by atoms with Crippen LogP contribution < -0.4 is 5.43 Å². The highest BCUT2D eigenvalue weighted by molar-refractivity contribution is 7.89. The molecule has 0 bridgehead atoms. The maximum Gasteiger partial charge on any atom is 0.278 e. The molecule has 2 aromatic carbocycles. The van der Waals surface area contributed by atoms with Crippen molar-refractivity contribution in [1.82, 2.24) is 9.73 Å². The van der Waals surface area contributed by atoms with Crippen LogP contribution >= 0.6 is 0 Å². The smallest absolute Gasteiger partial charge is 0.267 e. The van der Waals surface area contributed by atoms with Crippen LogP contribution in [0.1, 0.15) is 28.8 Å². The summed E-state index contributed by atoms with van der Waals surface area (Å²) in [6.07, 6.45) is 2.87. The Kier molecular flexibility index (Phi) is 5.81. The SMILES string of the molecule is O=C(N/N=C\c1ccccc1[N+](=O)[O-])c1ccc(S(=O)(=O)N2CCCC2)cc1. The molecule has 1 heterocycles. The van der Waals surface area contributed by atoms with Crippen molar-refractivity contribution in [3.8, 4) is 0 Å². The lowest BCUT2D eigenvalue weighted by molar-refractivity contribution is -0.385. The lowest BCUT2D eigenvalue weighted by Gasteiger charge is -2.15. The number of benzene rings is 2. The number of carbonyl (C=O) groups is 1. The normalized spacial score (nSPS) is 15.0. The molecule has 0 unspecified atom stereocenters. The lowest BCUT2D eigenvalue weighted by Crippen LogP contribution is -2.28. The molecule has 3 rings (SSSR count). The molecule has 0 spiro atoms. The second-order valence-corrected chi connectivity index (χ2v) is 8.09. The van der Waals surface area contributed by atoms with Gasteiger partial charge in [0.15, 0.2) is 0 Å². The Hall–Kier alpha value is -3.11. The van der Waals surface area contributed by atoms with E-state index in [9.17, 15) is 23.3 Å². The Bertz CT molecular complexity index is 1010. The first-order valence-corrected chi connectivity index (χ1v) is 10.0. The van der Waals surface area contributed by atoms with E-state index in [4.69, 9.17) is 0 Å². The molecular weight excluding hydrogens is 384 g/mol. The zero-order chi connectivity index (χ0) is 20.1. The van der Waals surface area contributed by atoms with E-state index in [0.29, 0.717) is 13.1 Å². The van der Waals surface area contributed by atoms with Gasteiger partial charge < -0.3 is 0 Å². The van der Waals surface area contributed by atoms with E-state index >= 15 is 0 Å². The van der Waals surface area contributed by atoms with Crippen LogP contribution in [-0.4, -0.2) is 42.9 Å². The first kappa shape index (κ1) is 19.6. The number of nitro groups is 1. The number of carbonyl (C=O) groups excluding carboxylic acids is 1. The van der Waals surface area contributed by atoms with Gasteiger partial charge in [0, 0.05) is 24.7 Å². The Morgan fingerprint density at radius 3 is 2.39 bits per heavy atom. The summed E-state index contributed by atoms with van der Waals surface area (Å²) in [5, 5.41) is 14.7. The molecular formula is C18H18N4O5S. The summed E-state index contributed by atoms with van der Waals surface area (Å²) in [6.45, 7) is 1.01. The van der Waals surface area contributed by atoms with Gasteiger partial charge in [0.2, 0.25) is 10.0 Å². The summed E-state index contributed by atoms with van der Waals surface area (Å²) in [4.78, 5) is 22.7. The van der Waals surface area contributed by atoms with Crippen LogP contribution in [-0.2, 0) is 10.0 Å². The van der Waals surface area contributed by atoms with E-state index in [2.05, 4.69) is 10.5 Å². The Labute approximate surface area is 161 Å². The highest BCUT2D eigenvalue weighted by Crippen LogP contribution is 2.21. The van der Waals surface area contributed by atoms with Crippen molar-refractivity contribution in [3.05, 3.63) is 69.8 Å². The van der Waals surface area contributed by atoms with Gasteiger partial charge in [-0.3, -0.25) is 14.9 Å². The average Bonchev–Trinajstić information content (AvgIpc) is 3.24. The van der Waals surface area contributed by atoms with Crippen molar-refractivity contribution in [3.63, 3.8) is 0 Å². The number of nitrogens with zero attached hydrogens (tertiary/aromatic N) is 3. The summed E-state index contributed by atoms with van der Waals surface area (Å²) < 4.78 is 26.4. The quantitative estimate of drug-likeness (QED) is 0.451. The van der Waals surface area contributed by atoms with E-state index < -0.39 is 20.9 Å². The Morgan fingerprint density at radius 2 is 1.75 bits per heavy atom. The summed E-state index contributed by atoms with van der Waals surface area (Å²) in [5.74, 6) is -0.556. The van der Waals surface area contributed by atoms with Crippen LogP contribution in [0.5, 0.6) is 0 Å². The fourth-order valence-corrected chi connectivity index (χ4v) is 4.36. The molecule has 0 saturated carbocycles. The number of sulfonamides is 1. The van der Waals surface area contributed by atoms with Gasteiger partial charge in [0.25, 0.3) is 11.6 Å². The van der Waals surface area contributed by atoms with Crippen molar-refractivity contribution in [2.24, 2.45) is 5.10 Å². The molecule has 0 aromatic heterocycles. The maximum atomic E-state index is 12.5. The summed E-state index contributed by atoms with van der Waals surface area (Å²) in [7, 11) is -3.54. The maximum absolute atomic E-state index is 12.5. The van der Waals surface area contributed by atoms with Crippen LogP contribution in [0, 0.1) is 10.1 Å². The van der Waals surface area contributed by atoms with Gasteiger partial charge in [0.05, 0.1) is 21.6 Å². The molecule has 1 amide bonds. The molecule has 10 heteroatoms. The monoisotopic (exact) mass is 402 g/mol. The minimum absolute atomic E-state index is 0.128. The number of para-hydroxylation sites is 1. The summed E-state index contributed by atoms with van der Waals surface area (Å²) in [6, 6.07) is 11.6. The van der Waals surface area contributed by atoms with Crippen LogP contribution in [0.2, 0.25) is 0 Å². The number of nitro benzene ring substituents is 1. The number of hydrogen-bond acceptors (Lipinski definition) is 6. The zero-order valence-corrected chi connectivity index (χ0v) is 15.6. The van der Waals surface area contributed by atoms with Crippen molar-refractivity contribution < 1.29 is 18.1 Å². The second kappa shape index (κ2) is 8.28. The fourth-order valence-electron chi connectivity index (χ4n) is 2.84. The van der Waals surface area contributed by atoms with Crippen molar-refractivity contribution >= 4 is 27.8 Å². The summed E-state index contributed by atoms with van der Waals surface area (Å²) >= 11 is 0. The topological polar surface area (TPSA) is 122 Å². The molecule has 1 N–H and O–H groups in total. The molecule has 2 aromatic rings. The van der Waals surface area contributed by atoms with Crippen LogP contribution in [0.15, 0.2) is 58.5 Å². The standard InChI is InChI=1S/C18H18N4O5S/c23-18(20-19-13-15-5-1-2-6-17(15)22(24)25)14-7-9-16(10-8-14)28(26,27)21-11-3-4-12-21/h1-2,5-10,13H,3-4,11-12H2,(H,20,23)/b19-13-. The number of nitrogens with one attached hydrogen (secondary N) is 1. The predicted octanol–water partition coefficient (Wildman–Crippen LogP) is 2.14. The molecule has 1 aliphatic rings. The number of hydrazone groups is 1. The van der Waals surface area contributed by atoms with Gasteiger partial charge in [0.1, 0.15) is 0 Å². The third kappa shape index (κ3) is 4.24. The van der Waals surface area contributed by atoms with Gasteiger partial charge >= 0.3 is 0 Å². The highest BCUT2D eigenvalue weighted by atomic mass is 32.2. The number of amides is 1. The molecule has 0 atom stereocenters.